The number of rotatable bonds is 3. The number of pyridine rings is 1. The molecule has 0 aliphatic rings. The molecule has 0 radical (unpaired) electrons. The molecule has 0 saturated heterocycles. The first-order chi connectivity index (χ1) is 6.08. The summed E-state index contributed by atoms with van der Waals surface area (Å²) in [6, 6.07) is 4.15. The van der Waals surface area contributed by atoms with Crippen LogP contribution in [0.1, 0.15) is 32.3 Å². The van der Waals surface area contributed by atoms with Crippen LogP contribution < -0.4 is 5.32 Å². The van der Waals surface area contributed by atoms with Crippen LogP contribution in [0.3, 0.4) is 0 Å². The summed E-state index contributed by atoms with van der Waals surface area (Å²) in [6.07, 6.45) is 3.69. The molecule has 2 heteroatoms. The molecule has 1 unspecified atom stereocenters. The Labute approximate surface area is 80.4 Å². The van der Waals surface area contributed by atoms with Crippen LogP contribution in [0.15, 0.2) is 24.5 Å². The van der Waals surface area contributed by atoms with Crippen molar-refractivity contribution < 1.29 is 0 Å². The van der Waals surface area contributed by atoms with Gasteiger partial charge in [0.15, 0.2) is 0 Å². The van der Waals surface area contributed by atoms with Crippen molar-refractivity contribution in [3.8, 4) is 0 Å². The Morgan fingerprint density at radius 1 is 1.31 bits per heavy atom. The summed E-state index contributed by atoms with van der Waals surface area (Å²) in [5.41, 5.74) is 1.45. The lowest BCUT2D eigenvalue weighted by atomic mass is 9.84. The first-order valence-electron chi connectivity index (χ1n) is 4.67. The maximum atomic E-state index is 4.02. The lowest BCUT2D eigenvalue weighted by Gasteiger charge is -2.31. The van der Waals surface area contributed by atoms with Crippen molar-refractivity contribution >= 4 is 0 Å². The van der Waals surface area contributed by atoms with Crippen molar-refractivity contribution in [3.63, 3.8) is 0 Å². The molecule has 0 spiro atoms. The van der Waals surface area contributed by atoms with Gasteiger partial charge < -0.3 is 5.32 Å². The lowest BCUT2D eigenvalue weighted by Crippen LogP contribution is -2.41. The van der Waals surface area contributed by atoms with Gasteiger partial charge in [0.05, 0.1) is 0 Å². The maximum Gasteiger partial charge on any atom is 0.0270 e. The minimum atomic E-state index is 0.126. The largest absolute Gasteiger partial charge is 0.314 e. The second-order valence-corrected chi connectivity index (χ2v) is 3.97. The van der Waals surface area contributed by atoms with Gasteiger partial charge in [-0.2, -0.15) is 0 Å². The van der Waals surface area contributed by atoms with Gasteiger partial charge in [-0.15, -0.1) is 0 Å². The van der Waals surface area contributed by atoms with E-state index in [0.29, 0.717) is 5.92 Å². The average Bonchev–Trinajstić information content (AvgIpc) is 2.18. The summed E-state index contributed by atoms with van der Waals surface area (Å²) in [4.78, 5) is 4.02. The van der Waals surface area contributed by atoms with E-state index in [-0.39, 0.29) is 5.54 Å². The topological polar surface area (TPSA) is 24.9 Å². The Kier molecular flexibility index (Phi) is 3.04. The van der Waals surface area contributed by atoms with E-state index in [2.05, 4.69) is 43.2 Å². The molecule has 1 atom stereocenters. The van der Waals surface area contributed by atoms with Gasteiger partial charge in [-0.1, -0.05) is 6.92 Å². The molecule has 1 N–H and O–H groups in total. The molecule has 13 heavy (non-hydrogen) atoms. The third-order valence-electron chi connectivity index (χ3n) is 2.93. The molecule has 0 fully saturated rings. The molecule has 0 saturated carbocycles. The zero-order valence-electron chi connectivity index (χ0n) is 8.83. The SMILES string of the molecule is CNC(C)(C)C(C)c1ccncc1. The van der Waals surface area contributed by atoms with Crippen LogP contribution in [0, 0.1) is 0 Å². The van der Waals surface area contributed by atoms with E-state index < -0.39 is 0 Å². The average molecular weight is 178 g/mol. The third kappa shape index (κ3) is 2.28. The molecule has 1 heterocycles. The van der Waals surface area contributed by atoms with Crippen LogP contribution in [0.5, 0.6) is 0 Å². The van der Waals surface area contributed by atoms with Crippen molar-refractivity contribution in [3.05, 3.63) is 30.1 Å². The zero-order valence-corrected chi connectivity index (χ0v) is 8.83. The van der Waals surface area contributed by atoms with E-state index in [9.17, 15) is 0 Å². The van der Waals surface area contributed by atoms with Gasteiger partial charge in [-0.3, -0.25) is 4.98 Å². The maximum absolute atomic E-state index is 4.02. The minimum Gasteiger partial charge on any atom is -0.314 e. The highest BCUT2D eigenvalue weighted by atomic mass is 14.9. The molecule has 0 aromatic carbocycles. The summed E-state index contributed by atoms with van der Waals surface area (Å²) >= 11 is 0. The molecule has 0 amide bonds. The molecule has 0 bridgehead atoms. The van der Waals surface area contributed by atoms with E-state index >= 15 is 0 Å². The number of nitrogens with one attached hydrogen (secondary N) is 1. The smallest absolute Gasteiger partial charge is 0.0270 e. The Morgan fingerprint density at radius 3 is 2.31 bits per heavy atom. The first-order valence-corrected chi connectivity index (χ1v) is 4.67. The fraction of sp³-hybridized carbons (Fsp3) is 0.545. The highest BCUT2D eigenvalue weighted by Crippen LogP contribution is 2.26. The molecule has 0 aliphatic heterocycles. The number of aromatic nitrogens is 1. The summed E-state index contributed by atoms with van der Waals surface area (Å²) in [5, 5.41) is 3.32. The Morgan fingerprint density at radius 2 is 1.85 bits per heavy atom. The Bertz CT molecular complexity index is 254. The molecule has 1 aromatic rings. The van der Waals surface area contributed by atoms with E-state index in [1.54, 1.807) is 0 Å². The zero-order chi connectivity index (χ0) is 9.90. The molecule has 1 aromatic heterocycles. The molecule has 72 valence electrons. The molecule has 1 rings (SSSR count). The fourth-order valence-electron chi connectivity index (χ4n) is 1.29. The predicted molar refractivity (Wildman–Crippen MR) is 55.8 cm³/mol. The predicted octanol–water partition coefficient (Wildman–Crippen LogP) is 2.18. The van der Waals surface area contributed by atoms with Crippen LogP contribution in [0.2, 0.25) is 0 Å². The fourth-order valence-corrected chi connectivity index (χ4v) is 1.29. The number of likely N-dealkylation sites (N-methyl/N-ethyl adjacent to an activating group) is 1. The van der Waals surface area contributed by atoms with Crippen molar-refractivity contribution in [1.29, 1.82) is 0 Å². The van der Waals surface area contributed by atoms with Gasteiger partial charge in [0.25, 0.3) is 0 Å². The minimum absolute atomic E-state index is 0.126. The molecular formula is C11H18N2. The summed E-state index contributed by atoms with van der Waals surface area (Å²) in [7, 11) is 2.00. The molecule has 2 nitrogen and oxygen atoms in total. The normalized spacial score (nSPS) is 14.2. The van der Waals surface area contributed by atoms with Gasteiger partial charge in [0.2, 0.25) is 0 Å². The second kappa shape index (κ2) is 3.88. The highest BCUT2D eigenvalue weighted by Gasteiger charge is 2.24. The van der Waals surface area contributed by atoms with E-state index in [1.807, 2.05) is 19.4 Å². The third-order valence-corrected chi connectivity index (χ3v) is 2.93. The van der Waals surface area contributed by atoms with Crippen molar-refractivity contribution in [2.75, 3.05) is 7.05 Å². The van der Waals surface area contributed by atoms with Crippen molar-refractivity contribution in [2.45, 2.75) is 32.2 Å². The number of hydrogen-bond acceptors (Lipinski definition) is 2. The van der Waals surface area contributed by atoms with Gasteiger partial charge in [-0.25, -0.2) is 0 Å². The Hall–Kier alpha value is -0.890. The molecule has 0 aliphatic carbocycles. The van der Waals surface area contributed by atoms with E-state index in [1.165, 1.54) is 5.56 Å². The standard InChI is InChI=1S/C11H18N2/c1-9(11(2,3)12-4)10-5-7-13-8-6-10/h5-9,12H,1-4H3. The Balaban J connectivity index is 2.85. The van der Waals surface area contributed by atoms with Crippen molar-refractivity contribution in [1.82, 2.24) is 10.3 Å². The van der Waals surface area contributed by atoms with Crippen LogP contribution in [0.4, 0.5) is 0 Å². The van der Waals surface area contributed by atoms with Crippen LogP contribution in [-0.2, 0) is 0 Å². The van der Waals surface area contributed by atoms with Crippen LogP contribution in [0.25, 0.3) is 0 Å². The summed E-state index contributed by atoms with van der Waals surface area (Å²) in [5.74, 6) is 0.487. The monoisotopic (exact) mass is 178 g/mol. The van der Waals surface area contributed by atoms with Gasteiger partial charge in [-0.05, 0) is 44.5 Å². The summed E-state index contributed by atoms with van der Waals surface area (Å²) in [6.45, 7) is 6.64. The lowest BCUT2D eigenvalue weighted by molar-refractivity contribution is 0.360. The highest BCUT2D eigenvalue weighted by molar-refractivity contribution is 5.19. The van der Waals surface area contributed by atoms with Crippen molar-refractivity contribution in [2.24, 2.45) is 0 Å². The van der Waals surface area contributed by atoms with E-state index in [4.69, 9.17) is 0 Å². The second-order valence-electron chi connectivity index (χ2n) is 3.97. The number of hydrogen-bond donors (Lipinski definition) is 1. The van der Waals surface area contributed by atoms with Gasteiger partial charge in [0, 0.05) is 17.9 Å². The van der Waals surface area contributed by atoms with Crippen LogP contribution >= 0.6 is 0 Å². The van der Waals surface area contributed by atoms with Gasteiger partial charge >= 0.3 is 0 Å². The quantitative estimate of drug-likeness (QED) is 0.767. The first kappa shape index (κ1) is 10.2. The van der Waals surface area contributed by atoms with E-state index in [0.717, 1.165) is 0 Å². The molecular weight excluding hydrogens is 160 g/mol. The summed E-state index contributed by atoms with van der Waals surface area (Å²) < 4.78 is 0. The van der Waals surface area contributed by atoms with Crippen LogP contribution in [-0.4, -0.2) is 17.6 Å². The van der Waals surface area contributed by atoms with Gasteiger partial charge in [0.1, 0.15) is 0 Å². The number of nitrogens with zero attached hydrogens (tertiary/aromatic N) is 1.